The zero-order valence-electron chi connectivity index (χ0n) is 24.1. The van der Waals surface area contributed by atoms with E-state index in [1.54, 1.807) is 17.1 Å². The summed E-state index contributed by atoms with van der Waals surface area (Å²) in [5.41, 5.74) is 3.04. The Balaban J connectivity index is 1.24. The van der Waals surface area contributed by atoms with Gasteiger partial charge in [-0.25, -0.2) is 35.8 Å². The summed E-state index contributed by atoms with van der Waals surface area (Å²) in [7, 11) is -6.20. The molecule has 0 amide bonds. The van der Waals surface area contributed by atoms with Crippen LogP contribution in [-0.2, 0) is 26.4 Å². The van der Waals surface area contributed by atoms with Crippen molar-refractivity contribution in [2.75, 3.05) is 30.9 Å². The third kappa shape index (κ3) is 7.71. The molecule has 0 radical (unpaired) electrons. The topological polar surface area (TPSA) is 163 Å². The summed E-state index contributed by atoms with van der Waals surface area (Å²) in [5.74, 6) is 0.360. The minimum absolute atomic E-state index is 0.0100. The van der Waals surface area contributed by atoms with Crippen molar-refractivity contribution < 1.29 is 16.8 Å². The fraction of sp³-hybridized carbons (Fsp3) is 0.500. The maximum absolute atomic E-state index is 11.8. The van der Waals surface area contributed by atoms with Crippen molar-refractivity contribution in [2.24, 2.45) is 0 Å². The second-order valence-corrected chi connectivity index (χ2v) is 16.0. The average Bonchev–Trinajstić information content (AvgIpc) is 3.45. The van der Waals surface area contributed by atoms with Gasteiger partial charge in [0.15, 0.2) is 0 Å². The highest BCUT2D eigenvalue weighted by Crippen LogP contribution is 2.28. The Kier molecular flexibility index (Phi) is 9.38. The normalized spacial score (nSPS) is 20.5. The van der Waals surface area contributed by atoms with Crippen LogP contribution in [0.5, 0.6) is 0 Å². The smallest absolute Gasteiger partial charge is 0.223 e. The first-order valence-electron chi connectivity index (χ1n) is 14.2. The van der Waals surface area contributed by atoms with Crippen molar-refractivity contribution in [3.05, 3.63) is 52.9 Å². The first-order chi connectivity index (χ1) is 20.4. The Labute approximate surface area is 257 Å². The molecule has 0 bridgehead atoms. The van der Waals surface area contributed by atoms with Crippen molar-refractivity contribution in [2.45, 2.75) is 62.4 Å². The van der Waals surface area contributed by atoms with Crippen LogP contribution in [0.15, 0.2) is 36.8 Å². The SMILES string of the molecule is CS(=O)(=O)C1CCC(NCc2ccc(-n3cc(-c4nc(NC5CCN(S(C)(=O)=O)CC5)ncc4C#N)cn3)c(Cl)c2)CC1. The lowest BCUT2D eigenvalue weighted by molar-refractivity contribution is 0.331. The molecule has 2 aromatic heterocycles. The number of halogens is 1. The van der Waals surface area contributed by atoms with E-state index in [4.69, 9.17) is 11.6 Å². The van der Waals surface area contributed by atoms with Gasteiger partial charge < -0.3 is 10.6 Å². The molecule has 2 fully saturated rings. The first kappa shape index (κ1) is 31.3. The molecule has 43 heavy (non-hydrogen) atoms. The lowest BCUT2D eigenvalue weighted by atomic mass is 9.95. The van der Waals surface area contributed by atoms with E-state index in [0.717, 1.165) is 18.4 Å². The second-order valence-electron chi connectivity index (χ2n) is 11.3. The summed E-state index contributed by atoms with van der Waals surface area (Å²) in [6.45, 7) is 1.47. The first-order valence-corrected chi connectivity index (χ1v) is 18.3. The number of benzene rings is 1. The van der Waals surface area contributed by atoms with Gasteiger partial charge >= 0.3 is 0 Å². The highest BCUT2D eigenvalue weighted by Gasteiger charge is 2.28. The van der Waals surface area contributed by atoms with Gasteiger partial charge in [-0.15, -0.1) is 0 Å². The zero-order chi connectivity index (χ0) is 30.8. The third-order valence-corrected chi connectivity index (χ3v) is 11.4. The Morgan fingerprint density at radius 3 is 2.37 bits per heavy atom. The monoisotopic (exact) mass is 646 g/mol. The minimum atomic E-state index is -3.21. The van der Waals surface area contributed by atoms with Gasteiger partial charge in [-0.05, 0) is 56.2 Å². The van der Waals surface area contributed by atoms with Crippen LogP contribution in [0.1, 0.15) is 49.7 Å². The highest BCUT2D eigenvalue weighted by molar-refractivity contribution is 7.91. The van der Waals surface area contributed by atoms with Crippen LogP contribution in [0.4, 0.5) is 5.95 Å². The van der Waals surface area contributed by atoms with Crippen molar-refractivity contribution in [1.29, 1.82) is 5.26 Å². The highest BCUT2D eigenvalue weighted by atomic mass is 35.5. The summed E-state index contributed by atoms with van der Waals surface area (Å²) in [4.78, 5) is 8.90. The molecular weight excluding hydrogens is 612 g/mol. The standard InChI is InChI=1S/C28H35ClN8O4S2/c1-42(38,39)24-6-4-22(5-7-24)31-15-19-3-8-26(25(29)13-19)37-18-21(17-33-37)27-20(14-30)16-32-28(35-27)34-23-9-11-36(12-10-23)43(2,40)41/h3,8,13,16-18,22-24,31H,4-7,9-12,15H2,1-2H3,(H,32,34,35). The Morgan fingerprint density at radius 2 is 1.74 bits per heavy atom. The Hall–Kier alpha value is -3.09. The molecule has 1 aliphatic heterocycles. The van der Waals surface area contributed by atoms with E-state index in [-0.39, 0.29) is 17.3 Å². The van der Waals surface area contributed by atoms with Crippen LogP contribution >= 0.6 is 11.6 Å². The zero-order valence-corrected chi connectivity index (χ0v) is 26.5. The number of nitriles is 1. The van der Waals surface area contributed by atoms with E-state index in [2.05, 4.69) is 31.8 Å². The molecule has 5 rings (SSSR count). The van der Waals surface area contributed by atoms with Gasteiger partial charge in [0, 0.05) is 49.7 Å². The molecule has 1 saturated carbocycles. The molecule has 1 aromatic carbocycles. The predicted molar refractivity (Wildman–Crippen MR) is 165 cm³/mol. The van der Waals surface area contributed by atoms with Crippen molar-refractivity contribution in [3.8, 4) is 23.0 Å². The Bertz CT molecular complexity index is 1720. The number of sulfone groups is 1. The molecule has 3 heterocycles. The van der Waals surface area contributed by atoms with Crippen LogP contribution in [-0.4, -0.2) is 83.8 Å². The van der Waals surface area contributed by atoms with Gasteiger partial charge in [0.25, 0.3) is 0 Å². The summed E-state index contributed by atoms with van der Waals surface area (Å²) >= 11 is 6.66. The molecular formula is C28H35ClN8O4S2. The number of hydrogen-bond acceptors (Lipinski definition) is 10. The summed E-state index contributed by atoms with van der Waals surface area (Å²) in [6.07, 6.45) is 11.6. The molecule has 15 heteroatoms. The van der Waals surface area contributed by atoms with Gasteiger partial charge in [-0.1, -0.05) is 17.7 Å². The maximum atomic E-state index is 11.8. The molecule has 2 N–H and O–H groups in total. The number of nitrogens with zero attached hydrogens (tertiary/aromatic N) is 6. The number of nitrogens with one attached hydrogen (secondary N) is 2. The van der Waals surface area contributed by atoms with E-state index >= 15 is 0 Å². The molecule has 2 aliphatic rings. The van der Waals surface area contributed by atoms with Crippen molar-refractivity contribution in [3.63, 3.8) is 0 Å². The second kappa shape index (κ2) is 12.9. The predicted octanol–water partition coefficient (Wildman–Crippen LogP) is 3.14. The lowest BCUT2D eigenvalue weighted by Crippen LogP contribution is -2.42. The molecule has 12 nitrogen and oxygen atoms in total. The lowest BCUT2D eigenvalue weighted by Gasteiger charge is -2.30. The molecule has 3 aromatic rings. The summed E-state index contributed by atoms with van der Waals surface area (Å²) < 4.78 is 50.3. The van der Waals surface area contributed by atoms with Crippen LogP contribution in [0.25, 0.3) is 16.9 Å². The van der Waals surface area contributed by atoms with E-state index in [9.17, 15) is 22.1 Å². The maximum Gasteiger partial charge on any atom is 0.223 e. The fourth-order valence-electron chi connectivity index (χ4n) is 5.65. The van der Waals surface area contributed by atoms with Gasteiger partial charge in [0.2, 0.25) is 16.0 Å². The van der Waals surface area contributed by atoms with E-state index in [0.29, 0.717) is 78.8 Å². The quantitative estimate of drug-likeness (QED) is 0.353. The third-order valence-electron chi connectivity index (χ3n) is 8.15. The summed E-state index contributed by atoms with van der Waals surface area (Å²) in [5, 5.41) is 21.2. The molecule has 0 spiro atoms. The number of sulfonamides is 1. The summed E-state index contributed by atoms with van der Waals surface area (Å²) in [6, 6.07) is 8.16. The van der Waals surface area contributed by atoms with Crippen LogP contribution in [0.2, 0.25) is 5.02 Å². The van der Waals surface area contributed by atoms with Crippen LogP contribution in [0, 0.1) is 11.3 Å². The molecule has 1 aliphatic carbocycles. The number of rotatable bonds is 9. The van der Waals surface area contributed by atoms with Crippen LogP contribution in [0.3, 0.4) is 0 Å². The van der Waals surface area contributed by atoms with Gasteiger partial charge in [0.05, 0.1) is 45.9 Å². The van der Waals surface area contributed by atoms with E-state index < -0.39 is 19.9 Å². The number of aromatic nitrogens is 4. The van der Waals surface area contributed by atoms with E-state index in [1.807, 2.05) is 18.2 Å². The molecule has 0 atom stereocenters. The number of piperidine rings is 1. The van der Waals surface area contributed by atoms with Gasteiger partial charge in [0.1, 0.15) is 15.9 Å². The largest absolute Gasteiger partial charge is 0.351 e. The number of hydrogen-bond donors (Lipinski definition) is 2. The van der Waals surface area contributed by atoms with Gasteiger partial charge in [-0.2, -0.15) is 10.4 Å². The van der Waals surface area contributed by atoms with Crippen molar-refractivity contribution >= 4 is 37.4 Å². The average molecular weight is 647 g/mol. The molecule has 230 valence electrons. The molecule has 1 saturated heterocycles. The van der Waals surface area contributed by atoms with Crippen LogP contribution < -0.4 is 10.6 Å². The fourth-order valence-corrected chi connectivity index (χ4v) is 7.94. The van der Waals surface area contributed by atoms with E-state index in [1.165, 1.54) is 23.0 Å². The Morgan fingerprint density at radius 1 is 1.02 bits per heavy atom. The minimum Gasteiger partial charge on any atom is -0.351 e. The number of anilines is 1. The van der Waals surface area contributed by atoms with Crippen molar-refractivity contribution in [1.82, 2.24) is 29.4 Å². The molecule has 0 unspecified atom stereocenters. The van der Waals surface area contributed by atoms with Gasteiger partial charge in [-0.3, -0.25) is 0 Å².